The van der Waals surface area contributed by atoms with Crippen molar-refractivity contribution in [2.24, 2.45) is 0 Å². The molecule has 7 heteroatoms. The summed E-state index contributed by atoms with van der Waals surface area (Å²) < 4.78 is 26.9. The minimum absolute atomic E-state index is 0.129. The van der Waals surface area contributed by atoms with Gasteiger partial charge in [-0.05, 0) is 35.4 Å². The molecule has 2 N–H and O–H groups in total. The number of benzene rings is 1. The molecule has 1 amide bonds. The molecule has 0 saturated heterocycles. The molecule has 116 valence electrons. The highest BCUT2D eigenvalue weighted by Crippen LogP contribution is 2.11. The molecular weight excluding hydrogens is 302 g/mol. The number of carbonyl (C=O) groups is 1. The monoisotopic (exact) mass is 319 g/mol. The maximum Gasteiger partial charge on any atom is 0.240 e. The van der Waals surface area contributed by atoms with Crippen molar-refractivity contribution in [1.29, 1.82) is 0 Å². The van der Waals surface area contributed by atoms with Gasteiger partial charge in [0.15, 0.2) is 0 Å². The summed E-state index contributed by atoms with van der Waals surface area (Å²) in [7, 11) is -3.56. The van der Waals surface area contributed by atoms with Crippen LogP contribution in [0.2, 0.25) is 0 Å². The zero-order valence-corrected chi connectivity index (χ0v) is 12.9. The largest absolute Gasteiger partial charge is 0.352 e. The van der Waals surface area contributed by atoms with Gasteiger partial charge in [-0.3, -0.25) is 9.78 Å². The van der Waals surface area contributed by atoms with Crippen LogP contribution in [0.25, 0.3) is 0 Å². The fraction of sp³-hybridized carbons (Fsp3) is 0.200. The van der Waals surface area contributed by atoms with Gasteiger partial charge in [0, 0.05) is 32.4 Å². The SMILES string of the molecule is CC(=O)NCc1ccc(S(=O)(=O)NCc2ccncc2)cc1. The third-order valence-corrected chi connectivity index (χ3v) is 4.41. The third-order valence-electron chi connectivity index (χ3n) is 2.99. The van der Waals surface area contributed by atoms with E-state index < -0.39 is 10.0 Å². The highest BCUT2D eigenvalue weighted by atomic mass is 32.2. The Labute approximate surface area is 129 Å². The summed E-state index contributed by atoms with van der Waals surface area (Å²) in [5.74, 6) is -0.129. The van der Waals surface area contributed by atoms with Crippen LogP contribution in [0, 0.1) is 0 Å². The van der Waals surface area contributed by atoms with E-state index in [1.54, 1.807) is 36.7 Å². The molecule has 6 nitrogen and oxygen atoms in total. The summed E-state index contributed by atoms with van der Waals surface area (Å²) in [4.78, 5) is 14.9. The van der Waals surface area contributed by atoms with Gasteiger partial charge in [0.25, 0.3) is 0 Å². The molecule has 2 rings (SSSR count). The number of aromatic nitrogens is 1. The van der Waals surface area contributed by atoms with Crippen LogP contribution >= 0.6 is 0 Å². The molecule has 0 aliphatic carbocycles. The van der Waals surface area contributed by atoms with E-state index in [0.29, 0.717) is 6.54 Å². The number of hydrogen-bond acceptors (Lipinski definition) is 4. The number of rotatable bonds is 6. The molecule has 0 bridgehead atoms. The van der Waals surface area contributed by atoms with Crippen molar-refractivity contribution in [2.75, 3.05) is 0 Å². The fourth-order valence-corrected chi connectivity index (χ4v) is 2.79. The lowest BCUT2D eigenvalue weighted by Crippen LogP contribution is -2.23. The Morgan fingerprint density at radius 1 is 1.00 bits per heavy atom. The average molecular weight is 319 g/mol. The summed E-state index contributed by atoms with van der Waals surface area (Å²) in [6, 6.07) is 9.89. The zero-order valence-electron chi connectivity index (χ0n) is 12.1. The van der Waals surface area contributed by atoms with E-state index in [1.165, 1.54) is 19.1 Å². The molecule has 0 spiro atoms. The Balaban J connectivity index is 2.01. The quantitative estimate of drug-likeness (QED) is 0.837. The maximum absolute atomic E-state index is 12.2. The van der Waals surface area contributed by atoms with Gasteiger partial charge in [0.2, 0.25) is 15.9 Å². The standard InChI is InChI=1S/C15H17N3O3S/c1-12(19)17-10-13-2-4-15(5-3-13)22(20,21)18-11-14-6-8-16-9-7-14/h2-9,18H,10-11H2,1H3,(H,17,19). The third kappa shape index (κ3) is 4.64. The first kappa shape index (κ1) is 16.1. The molecule has 22 heavy (non-hydrogen) atoms. The summed E-state index contributed by atoms with van der Waals surface area (Å²) in [5.41, 5.74) is 1.67. The molecule has 1 heterocycles. The lowest BCUT2D eigenvalue weighted by atomic mass is 10.2. The van der Waals surface area contributed by atoms with Crippen LogP contribution in [0.3, 0.4) is 0 Å². The topological polar surface area (TPSA) is 88.2 Å². The molecule has 0 radical (unpaired) electrons. The van der Waals surface area contributed by atoms with Crippen molar-refractivity contribution in [3.8, 4) is 0 Å². The highest BCUT2D eigenvalue weighted by molar-refractivity contribution is 7.89. The van der Waals surface area contributed by atoms with Crippen LogP contribution < -0.4 is 10.0 Å². The highest BCUT2D eigenvalue weighted by Gasteiger charge is 2.13. The van der Waals surface area contributed by atoms with E-state index in [1.807, 2.05) is 0 Å². The summed E-state index contributed by atoms with van der Waals surface area (Å²) >= 11 is 0. The van der Waals surface area contributed by atoms with Crippen molar-refractivity contribution in [1.82, 2.24) is 15.0 Å². The number of nitrogens with one attached hydrogen (secondary N) is 2. The van der Waals surface area contributed by atoms with Gasteiger partial charge in [-0.25, -0.2) is 13.1 Å². The molecule has 1 aromatic carbocycles. The van der Waals surface area contributed by atoms with Gasteiger partial charge in [0.05, 0.1) is 4.90 Å². The van der Waals surface area contributed by atoms with Crippen molar-refractivity contribution in [3.05, 3.63) is 59.9 Å². The molecule has 0 fully saturated rings. The van der Waals surface area contributed by atoms with Crippen molar-refractivity contribution in [3.63, 3.8) is 0 Å². The molecule has 2 aromatic rings. The number of pyridine rings is 1. The van der Waals surface area contributed by atoms with Gasteiger partial charge in [-0.15, -0.1) is 0 Å². The van der Waals surface area contributed by atoms with Gasteiger partial charge >= 0.3 is 0 Å². The molecule has 1 aromatic heterocycles. The Hall–Kier alpha value is -2.25. The van der Waals surface area contributed by atoms with E-state index in [2.05, 4.69) is 15.0 Å². The Morgan fingerprint density at radius 3 is 2.18 bits per heavy atom. The van der Waals surface area contributed by atoms with E-state index >= 15 is 0 Å². The number of sulfonamides is 1. The molecular formula is C15H17N3O3S. The van der Waals surface area contributed by atoms with Crippen molar-refractivity contribution in [2.45, 2.75) is 24.9 Å². The predicted molar refractivity (Wildman–Crippen MR) is 82.2 cm³/mol. The van der Waals surface area contributed by atoms with Gasteiger partial charge < -0.3 is 5.32 Å². The normalized spacial score (nSPS) is 11.1. The van der Waals surface area contributed by atoms with E-state index in [0.717, 1.165) is 11.1 Å². The minimum atomic E-state index is -3.56. The van der Waals surface area contributed by atoms with Crippen LogP contribution in [0.15, 0.2) is 53.7 Å². The second kappa shape index (κ2) is 7.15. The smallest absolute Gasteiger partial charge is 0.240 e. The first-order valence-corrected chi connectivity index (χ1v) is 8.17. The van der Waals surface area contributed by atoms with E-state index in [9.17, 15) is 13.2 Å². The summed E-state index contributed by atoms with van der Waals surface area (Å²) in [5, 5.41) is 2.66. The Kier molecular flexibility index (Phi) is 5.24. The number of hydrogen-bond donors (Lipinski definition) is 2. The number of amides is 1. The van der Waals surface area contributed by atoms with Crippen LogP contribution in [0.1, 0.15) is 18.1 Å². The van der Waals surface area contributed by atoms with Crippen LogP contribution in [-0.2, 0) is 27.9 Å². The molecule has 0 saturated carbocycles. The second-order valence-electron chi connectivity index (χ2n) is 4.73. The molecule has 0 unspecified atom stereocenters. The van der Waals surface area contributed by atoms with Crippen molar-refractivity contribution >= 4 is 15.9 Å². The van der Waals surface area contributed by atoms with E-state index in [4.69, 9.17) is 0 Å². The molecule has 0 atom stereocenters. The lowest BCUT2D eigenvalue weighted by Gasteiger charge is -2.08. The summed E-state index contributed by atoms with van der Waals surface area (Å²) in [6.45, 7) is 2.01. The van der Waals surface area contributed by atoms with Gasteiger partial charge in [-0.1, -0.05) is 12.1 Å². The molecule has 0 aliphatic rings. The van der Waals surface area contributed by atoms with Crippen LogP contribution in [0.4, 0.5) is 0 Å². The first-order chi connectivity index (χ1) is 10.5. The zero-order chi connectivity index (χ0) is 16.0. The second-order valence-corrected chi connectivity index (χ2v) is 6.50. The van der Waals surface area contributed by atoms with E-state index in [-0.39, 0.29) is 17.3 Å². The van der Waals surface area contributed by atoms with Crippen LogP contribution in [0.5, 0.6) is 0 Å². The lowest BCUT2D eigenvalue weighted by molar-refractivity contribution is -0.119. The van der Waals surface area contributed by atoms with Gasteiger partial charge in [-0.2, -0.15) is 0 Å². The fourth-order valence-electron chi connectivity index (χ4n) is 1.78. The number of carbonyl (C=O) groups excluding carboxylic acids is 1. The van der Waals surface area contributed by atoms with Crippen molar-refractivity contribution < 1.29 is 13.2 Å². The first-order valence-electron chi connectivity index (χ1n) is 6.69. The predicted octanol–water partition coefficient (Wildman–Crippen LogP) is 1.20. The molecule has 0 aliphatic heterocycles. The Bertz CT molecular complexity index is 728. The minimum Gasteiger partial charge on any atom is -0.352 e. The maximum atomic E-state index is 12.2. The Morgan fingerprint density at radius 2 is 1.59 bits per heavy atom. The van der Waals surface area contributed by atoms with Gasteiger partial charge in [0.1, 0.15) is 0 Å². The van der Waals surface area contributed by atoms with Crippen LogP contribution in [-0.4, -0.2) is 19.3 Å². The number of nitrogens with zero attached hydrogens (tertiary/aromatic N) is 1. The average Bonchev–Trinajstić information content (AvgIpc) is 2.52. The summed E-state index contributed by atoms with van der Waals surface area (Å²) in [6.07, 6.45) is 3.22.